The lowest BCUT2D eigenvalue weighted by Gasteiger charge is -2.42. The van der Waals surface area contributed by atoms with Crippen molar-refractivity contribution in [2.45, 2.75) is 76.2 Å². The van der Waals surface area contributed by atoms with Crippen molar-refractivity contribution >= 4 is 0 Å². The zero-order valence-electron chi connectivity index (χ0n) is 15.3. The molecule has 134 valence electrons. The van der Waals surface area contributed by atoms with Crippen molar-refractivity contribution in [1.82, 2.24) is 9.80 Å². The first-order valence-corrected chi connectivity index (χ1v) is 10.3. The van der Waals surface area contributed by atoms with Crippen molar-refractivity contribution in [2.24, 2.45) is 11.8 Å². The van der Waals surface area contributed by atoms with E-state index in [1.54, 1.807) is 0 Å². The predicted octanol–water partition coefficient (Wildman–Crippen LogP) is 3.52. The molecular formula is C20H38N2O. The predicted molar refractivity (Wildman–Crippen MR) is 96.7 cm³/mol. The van der Waals surface area contributed by atoms with E-state index in [4.69, 9.17) is 0 Å². The number of nitrogens with zero attached hydrogens (tertiary/aromatic N) is 2. The number of likely N-dealkylation sites (N-methyl/N-ethyl adjacent to an activating group) is 1. The number of hydrogen-bond acceptors (Lipinski definition) is 3. The molecule has 0 aromatic carbocycles. The fourth-order valence-corrected chi connectivity index (χ4v) is 5.23. The van der Waals surface area contributed by atoms with Gasteiger partial charge in [-0.15, -0.1) is 0 Å². The van der Waals surface area contributed by atoms with Crippen molar-refractivity contribution in [3.05, 3.63) is 0 Å². The summed E-state index contributed by atoms with van der Waals surface area (Å²) in [5.74, 6) is 1.30. The summed E-state index contributed by atoms with van der Waals surface area (Å²) < 4.78 is 0. The monoisotopic (exact) mass is 322 g/mol. The molecule has 2 unspecified atom stereocenters. The normalized spacial score (nSPS) is 36.0. The molecule has 3 nitrogen and oxygen atoms in total. The molecule has 1 N–H and O–H groups in total. The topological polar surface area (TPSA) is 26.7 Å². The van der Waals surface area contributed by atoms with Crippen LogP contribution in [0.15, 0.2) is 0 Å². The zero-order valence-corrected chi connectivity index (χ0v) is 15.3. The molecule has 23 heavy (non-hydrogen) atoms. The van der Waals surface area contributed by atoms with Gasteiger partial charge in [-0.05, 0) is 32.2 Å². The highest BCUT2D eigenvalue weighted by atomic mass is 16.3. The van der Waals surface area contributed by atoms with E-state index in [0.717, 1.165) is 25.3 Å². The number of hydrogen-bond donors (Lipinski definition) is 1. The molecule has 2 aliphatic carbocycles. The van der Waals surface area contributed by atoms with Crippen LogP contribution < -0.4 is 0 Å². The Labute approximate surface area is 143 Å². The van der Waals surface area contributed by atoms with E-state index >= 15 is 0 Å². The lowest BCUT2D eigenvalue weighted by atomic mass is 9.73. The highest BCUT2D eigenvalue weighted by Crippen LogP contribution is 2.41. The molecule has 1 saturated heterocycles. The molecule has 1 aliphatic heterocycles. The van der Waals surface area contributed by atoms with Gasteiger partial charge in [0.1, 0.15) is 0 Å². The fraction of sp³-hybridized carbons (Fsp3) is 1.00. The first kappa shape index (κ1) is 17.7. The van der Waals surface area contributed by atoms with Crippen molar-refractivity contribution in [2.75, 3.05) is 39.8 Å². The molecule has 0 spiro atoms. The molecule has 1 heterocycles. The average molecular weight is 323 g/mol. The molecule has 2 saturated carbocycles. The Morgan fingerprint density at radius 1 is 0.870 bits per heavy atom. The fourth-order valence-electron chi connectivity index (χ4n) is 5.23. The Kier molecular flexibility index (Phi) is 6.39. The van der Waals surface area contributed by atoms with Crippen molar-refractivity contribution in [3.8, 4) is 0 Å². The maximum Gasteiger partial charge on any atom is 0.0690 e. The summed E-state index contributed by atoms with van der Waals surface area (Å²) in [6, 6.07) is 0. The van der Waals surface area contributed by atoms with E-state index in [9.17, 15) is 5.11 Å². The SMILES string of the molecule is CN1CCN(CC2CCCCCC2(O)CC2CCCCC2)CC1. The van der Waals surface area contributed by atoms with Gasteiger partial charge >= 0.3 is 0 Å². The van der Waals surface area contributed by atoms with Crippen LogP contribution in [-0.2, 0) is 0 Å². The van der Waals surface area contributed by atoms with Gasteiger partial charge in [-0.1, -0.05) is 51.4 Å². The highest BCUT2D eigenvalue weighted by Gasteiger charge is 2.40. The van der Waals surface area contributed by atoms with Crippen LogP contribution in [0.4, 0.5) is 0 Å². The van der Waals surface area contributed by atoms with Gasteiger partial charge in [0.15, 0.2) is 0 Å². The van der Waals surface area contributed by atoms with Gasteiger partial charge in [-0.3, -0.25) is 0 Å². The van der Waals surface area contributed by atoms with Crippen LogP contribution in [0.25, 0.3) is 0 Å². The van der Waals surface area contributed by atoms with Crippen LogP contribution in [0.3, 0.4) is 0 Å². The van der Waals surface area contributed by atoms with Gasteiger partial charge in [-0.25, -0.2) is 0 Å². The summed E-state index contributed by atoms with van der Waals surface area (Å²) >= 11 is 0. The minimum Gasteiger partial charge on any atom is -0.390 e. The molecule has 2 atom stereocenters. The lowest BCUT2D eigenvalue weighted by molar-refractivity contribution is -0.0612. The molecule has 0 aromatic heterocycles. The van der Waals surface area contributed by atoms with Crippen molar-refractivity contribution in [3.63, 3.8) is 0 Å². The molecule has 0 amide bonds. The van der Waals surface area contributed by atoms with Crippen LogP contribution in [0.5, 0.6) is 0 Å². The molecule has 3 heteroatoms. The van der Waals surface area contributed by atoms with Gasteiger partial charge in [0.2, 0.25) is 0 Å². The number of rotatable bonds is 4. The van der Waals surface area contributed by atoms with E-state index in [-0.39, 0.29) is 5.60 Å². The third kappa shape index (κ3) is 4.93. The maximum absolute atomic E-state index is 11.6. The Morgan fingerprint density at radius 2 is 1.52 bits per heavy atom. The summed E-state index contributed by atoms with van der Waals surface area (Å²) in [7, 11) is 2.22. The van der Waals surface area contributed by atoms with Gasteiger partial charge in [0, 0.05) is 38.6 Å². The third-order valence-corrected chi connectivity index (χ3v) is 6.86. The van der Waals surface area contributed by atoms with E-state index in [2.05, 4.69) is 16.8 Å². The Hall–Kier alpha value is -0.120. The molecule has 0 bridgehead atoms. The van der Waals surface area contributed by atoms with Crippen LogP contribution in [-0.4, -0.2) is 60.3 Å². The Balaban J connectivity index is 1.61. The van der Waals surface area contributed by atoms with Crippen LogP contribution >= 0.6 is 0 Å². The first-order valence-electron chi connectivity index (χ1n) is 10.3. The summed E-state index contributed by atoms with van der Waals surface area (Å²) in [4.78, 5) is 5.06. The van der Waals surface area contributed by atoms with Crippen molar-refractivity contribution in [1.29, 1.82) is 0 Å². The first-order chi connectivity index (χ1) is 11.2. The van der Waals surface area contributed by atoms with Gasteiger partial charge < -0.3 is 14.9 Å². The second-order valence-electron chi connectivity index (χ2n) is 8.71. The smallest absolute Gasteiger partial charge is 0.0690 e. The van der Waals surface area contributed by atoms with E-state index in [1.807, 2.05) is 0 Å². The third-order valence-electron chi connectivity index (χ3n) is 6.86. The van der Waals surface area contributed by atoms with E-state index in [0.29, 0.717) is 5.92 Å². The number of aliphatic hydroxyl groups is 1. The molecule has 3 rings (SSSR count). The molecule has 0 aromatic rings. The summed E-state index contributed by atoms with van der Waals surface area (Å²) in [5.41, 5.74) is -0.373. The van der Waals surface area contributed by atoms with Crippen LogP contribution in [0.1, 0.15) is 70.6 Å². The van der Waals surface area contributed by atoms with Gasteiger partial charge in [0.05, 0.1) is 5.60 Å². The Bertz CT molecular complexity index is 348. The average Bonchev–Trinajstić information content (AvgIpc) is 2.73. The van der Waals surface area contributed by atoms with E-state index < -0.39 is 0 Å². The second kappa shape index (κ2) is 8.31. The van der Waals surface area contributed by atoms with Crippen LogP contribution in [0, 0.1) is 11.8 Å². The van der Waals surface area contributed by atoms with Crippen LogP contribution in [0.2, 0.25) is 0 Å². The maximum atomic E-state index is 11.6. The molecule has 3 fully saturated rings. The molecule has 0 radical (unpaired) electrons. The van der Waals surface area contributed by atoms with Crippen molar-refractivity contribution < 1.29 is 5.11 Å². The summed E-state index contributed by atoms with van der Waals surface area (Å²) in [6.07, 6.45) is 14.2. The number of piperazine rings is 1. The van der Waals surface area contributed by atoms with E-state index in [1.165, 1.54) is 84.0 Å². The largest absolute Gasteiger partial charge is 0.390 e. The summed E-state index contributed by atoms with van der Waals surface area (Å²) in [6.45, 7) is 5.89. The lowest BCUT2D eigenvalue weighted by Crippen LogP contribution is -2.50. The van der Waals surface area contributed by atoms with Gasteiger partial charge in [0.25, 0.3) is 0 Å². The van der Waals surface area contributed by atoms with Gasteiger partial charge in [-0.2, -0.15) is 0 Å². The standard InChI is InChI=1S/C20H38N2O/c1-21-12-14-22(15-13-21)17-19-10-6-3-7-11-20(19,23)16-18-8-4-2-5-9-18/h18-19,23H,2-17H2,1H3. The minimum atomic E-state index is -0.373. The second-order valence-corrected chi connectivity index (χ2v) is 8.71. The quantitative estimate of drug-likeness (QED) is 0.802. The highest BCUT2D eigenvalue weighted by molar-refractivity contribution is 4.93. The summed E-state index contributed by atoms with van der Waals surface area (Å²) in [5, 5.41) is 11.6. The molecular weight excluding hydrogens is 284 g/mol. The zero-order chi connectivity index (χ0) is 16.1. The Morgan fingerprint density at radius 3 is 2.26 bits per heavy atom. The minimum absolute atomic E-state index is 0.373. The molecule has 3 aliphatic rings.